The minimum Gasteiger partial charge on any atom is -0.295 e. The van der Waals surface area contributed by atoms with E-state index in [2.05, 4.69) is 26.6 Å². The number of hydrogen-bond acceptors (Lipinski definition) is 1. The van der Waals surface area contributed by atoms with Gasteiger partial charge in [-0.1, -0.05) is 26.3 Å². The first kappa shape index (κ1) is 12.8. The normalized spacial score (nSPS) is 15.2. The van der Waals surface area contributed by atoms with E-state index in [1.54, 1.807) is 6.92 Å². The van der Waals surface area contributed by atoms with Gasteiger partial charge in [0.15, 0.2) is 5.78 Å². The number of rotatable bonds is 6. The Balaban J connectivity index is 4.49. The summed E-state index contributed by atoms with van der Waals surface area (Å²) in [6.45, 7) is 8.14. The van der Waals surface area contributed by atoms with Crippen LogP contribution in [0.3, 0.4) is 0 Å². The molecule has 0 fully saturated rings. The van der Waals surface area contributed by atoms with Crippen molar-refractivity contribution in [3.05, 3.63) is 11.6 Å². The molecule has 0 aliphatic heterocycles. The Morgan fingerprint density at radius 1 is 1.46 bits per heavy atom. The molecule has 0 rings (SSSR count). The maximum atomic E-state index is 11.3. The van der Waals surface area contributed by atoms with Crippen LogP contribution >= 0.6 is 8.58 Å². The van der Waals surface area contributed by atoms with Crippen molar-refractivity contribution in [1.82, 2.24) is 0 Å². The van der Waals surface area contributed by atoms with Crippen molar-refractivity contribution in [2.24, 2.45) is 0 Å². The highest BCUT2D eigenvalue weighted by Crippen LogP contribution is 2.27. The monoisotopic (exact) mass is 200 g/mol. The molecule has 0 amide bonds. The molecule has 0 bridgehead atoms. The van der Waals surface area contributed by atoms with Gasteiger partial charge >= 0.3 is 0 Å². The van der Waals surface area contributed by atoms with Gasteiger partial charge in [0.05, 0.1) is 0 Å². The SMILES string of the molecule is CCC=C(C(C)=O)C(CCC)PC. The average molecular weight is 200 g/mol. The van der Waals surface area contributed by atoms with Gasteiger partial charge in [-0.3, -0.25) is 4.79 Å². The van der Waals surface area contributed by atoms with Crippen LogP contribution in [0.2, 0.25) is 0 Å². The van der Waals surface area contributed by atoms with Gasteiger partial charge in [0, 0.05) is 5.66 Å². The third kappa shape index (κ3) is 4.57. The molecular formula is C11H21OP. The number of hydrogen-bond donors (Lipinski definition) is 0. The summed E-state index contributed by atoms with van der Waals surface area (Å²) in [5.74, 6) is 0.259. The molecule has 0 heterocycles. The van der Waals surface area contributed by atoms with E-state index < -0.39 is 0 Å². The summed E-state index contributed by atoms with van der Waals surface area (Å²) in [5, 5.41) is 0. The Hall–Kier alpha value is -0.160. The van der Waals surface area contributed by atoms with Crippen molar-refractivity contribution >= 4 is 14.4 Å². The first-order valence-corrected chi connectivity index (χ1v) is 6.63. The summed E-state index contributed by atoms with van der Waals surface area (Å²) in [5.41, 5.74) is 1.58. The summed E-state index contributed by atoms with van der Waals surface area (Å²) < 4.78 is 0. The average Bonchev–Trinajstić information content (AvgIpc) is 2.10. The van der Waals surface area contributed by atoms with Crippen molar-refractivity contribution in [2.75, 3.05) is 6.66 Å². The first-order chi connectivity index (χ1) is 6.17. The highest BCUT2D eigenvalue weighted by atomic mass is 31.1. The minimum atomic E-state index is 0.259. The van der Waals surface area contributed by atoms with Crippen LogP contribution in [-0.4, -0.2) is 18.1 Å². The minimum absolute atomic E-state index is 0.259. The molecule has 0 saturated carbocycles. The maximum absolute atomic E-state index is 11.3. The van der Waals surface area contributed by atoms with E-state index in [9.17, 15) is 4.79 Å². The van der Waals surface area contributed by atoms with E-state index in [4.69, 9.17) is 0 Å². The summed E-state index contributed by atoms with van der Waals surface area (Å²) in [6.07, 6.45) is 5.39. The largest absolute Gasteiger partial charge is 0.295 e. The highest BCUT2D eigenvalue weighted by molar-refractivity contribution is 7.38. The molecule has 0 aromatic carbocycles. The summed E-state index contributed by atoms with van der Waals surface area (Å²) in [6, 6.07) is 0. The molecule has 0 aliphatic rings. The van der Waals surface area contributed by atoms with Gasteiger partial charge in [-0.05, 0) is 32.0 Å². The van der Waals surface area contributed by atoms with Gasteiger partial charge < -0.3 is 0 Å². The standard InChI is InChI=1S/C11H21OP/c1-5-7-10(9(3)12)11(13-4)8-6-2/h7,11,13H,5-6,8H2,1-4H3. The molecule has 2 unspecified atom stereocenters. The predicted molar refractivity (Wildman–Crippen MR) is 62.0 cm³/mol. The van der Waals surface area contributed by atoms with Gasteiger partial charge in [-0.15, -0.1) is 8.58 Å². The fourth-order valence-electron chi connectivity index (χ4n) is 1.50. The molecule has 1 nitrogen and oxygen atoms in total. The van der Waals surface area contributed by atoms with E-state index in [-0.39, 0.29) is 5.78 Å². The summed E-state index contributed by atoms with van der Waals surface area (Å²) >= 11 is 0. The van der Waals surface area contributed by atoms with Crippen LogP contribution in [0, 0.1) is 0 Å². The molecule has 0 aromatic heterocycles. The lowest BCUT2D eigenvalue weighted by molar-refractivity contribution is -0.113. The Labute approximate surface area is 83.8 Å². The number of Topliss-reactive ketones (excluding diaryl/α,β-unsaturated/α-hetero) is 1. The molecule has 76 valence electrons. The van der Waals surface area contributed by atoms with Crippen LogP contribution in [0.5, 0.6) is 0 Å². The lowest BCUT2D eigenvalue weighted by Gasteiger charge is -2.15. The van der Waals surface area contributed by atoms with Crippen LogP contribution in [0.25, 0.3) is 0 Å². The second-order valence-corrected chi connectivity index (χ2v) is 4.53. The van der Waals surface area contributed by atoms with Gasteiger partial charge in [-0.25, -0.2) is 0 Å². The third-order valence-electron chi connectivity index (χ3n) is 2.13. The third-order valence-corrected chi connectivity index (χ3v) is 3.43. The van der Waals surface area contributed by atoms with Crippen LogP contribution in [0.4, 0.5) is 0 Å². The zero-order valence-electron chi connectivity index (χ0n) is 9.18. The number of carbonyl (C=O) groups excluding carboxylic acids is 1. The van der Waals surface area contributed by atoms with E-state index in [1.807, 2.05) is 0 Å². The molecule has 0 spiro atoms. The highest BCUT2D eigenvalue weighted by Gasteiger charge is 2.14. The zero-order valence-corrected chi connectivity index (χ0v) is 10.2. The van der Waals surface area contributed by atoms with Crippen LogP contribution in [0.15, 0.2) is 11.6 Å². The lowest BCUT2D eigenvalue weighted by Crippen LogP contribution is -2.11. The predicted octanol–water partition coefficient (Wildman–Crippen LogP) is 3.39. The fourth-order valence-corrected chi connectivity index (χ4v) is 2.70. The molecule has 0 aliphatic carbocycles. The van der Waals surface area contributed by atoms with Crippen molar-refractivity contribution in [3.8, 4) is 0 Å². The van der Waals surface area contributed by atoms with Crippen LogP contribution in [-0.2, 0) is 4.79 Å². The number of ketones is 1. The van der Waals surface area contributed by atoms with Gasteiger partial charge in [-0.2, -0.15) is 0 Å². The Bertz CT molecular complexity index is 185. The first-order valence-electron chi connectivity index (χ1n) is 5.05. The van der Waals surface area contributed by atoms with Gasteiger partial charge in [0.1, 0.15) is 0 Å². The Morgan fingerprint density at radius 3 is 2.38 bits per heavy atom. The van der Waals surface area contributed by atoms with E-state index >= 15 is 0 Å². The fraction of sp³-hybridized carbons (Fsp3) is 0.727. The Morgan fingerprint density at radius 2 is 2.08 bits per heavy atom. The van der Waals surface area contributed by atoms with Crippen molar-refractivity contribution < 1.29 is 4.79 Å². The zero-order chi connectivity index (χ0) is 10.3. The summed E-state index contributed by atoms with van der Waals surface area (Å²) in [7, 11) is 0.850. The van der Waals surface area contributed by atoms with Crippen molar-refractivity contribution in [2.45, 2.75) is 45.7 Å². The number of carbonyl (C=O) groups is 1. The van der Waals surface area contributed by atoms with Gasteiger partial charge in [0.2, 0.25) is 0 Å². The topological polar surface area (TPSA) is 17.1 Å². The maximum Gasteiger partial charge on any atom is 0.156 e. The molecule has 2 heteroatoms. The smallest absolute Gasteiger partial charge is 0.156 e. The quantitative estimate of drug-likeness (QED) is 0.474. The van der Waals surface area contributed by atoms with E-state index in [0.29, 0.717) is 5.66 Å². The molecular weight excluding hydrogens is 179 g/mol. The molecule has 13 heavy (non-hydrogen) atoms. The van der Waals surface area contributed by atoms with Gasteiger partial charge in [0.25, 0.3) is 0 Å². The van der Waals surface area contributed by atoms with Crippen molar-refractivity contribution in [1.29, 1.82) is 0 Å². The molecule has 2 atom stereocenters. The van der Waals surface area contributed by atoms with E-state index in [1.165, 1.54) is 6.42 Å². The molecule has 0 saturated heterocycles. The van der Waals surface area contributed by atoms with Crippen LogP contribution < -0.4 is 0 Å². The molecule has 0 aromatic rings. The lowest BCUT2D eigenvalue weighted by atomic mass is 10.0. The van der Waals surface area contributed by atoms with Crippen LogP contribution in [0.1, 0.15) is 40.0 Å². The molecule has 0 N–H and O–H groups in total. The summed E-state index contributed by atoms with van der Waals surface area (Å²) in [4.78, 5) is 11.3. The van der Waals surface area contributed by atoms with Crippen molar-refractivity contribution in [3.63, 3.8) is 0 Å². The molecule has 0 radical (unpaired) electrons. The second kappa shape index (κ2) is 7.26. The second-order valence-electron chi connectivity index (χ2n) is 3.25. The Kier molecular flexibility index (Phi) is 7.17. The van der Waals surface area contributed by atoms with E-state index in [0.717, 1.165) is 27.0 Å². The number of allylic oxidation sites excluding steroid dienone is 2.